The van der Waals surface area contributed by atoms with Crippen LogP contribution in [0.2, 0.25) is 15.1 Å². The summed E-state index contributed by atoms with van der Waals surface area (Å²) in [5.74, 6) is -1.25. The zero-order chi connectivity index (χ0) is 35.0. The van der Waals surface area contributed by atoms with Gasteiger partial charge in [-0.3, -0.25) is 14.3 Å². The Kier molecular flexibility index (Phi) is 11.8. The van der Waals surface area contributed by atoms with Gasteiger partial charge in [0, 0.05) is 33.8 Å². The Labute approximate surface area is 298 Å². The molecule has 5 aromatic rings. The number of carbonyl (C=O) groups is 2. The first kappa shape index (κ1) is 35.7. The number of amides is 2. The highest BCUT2D eigenvalue weighted by Gasteiger charge is 2.32. The molecular weight excluding hydrogens is 712 g/mol. The summed E-state index contributed by atoms with van der Waals surface area (Å²) in [6.45, 7) is -0.337. The molecule has 0 spiro atoms. The number of halogens is 4. The number of benzene rings is 5. The predicted octanol–water partition coefficient (Wildman–Crippen LogP) is 8.05. The van der Waals surface area contributed by atoms with E-state index in [9.17, 15) is 22.4 Å². The molecule has 252 valence electrons. The third kappa shape index (κ3) is 9.73. The predicted molar refractivity (Wildman–Crippen MR) is 189 cm³/mol. The van der Waals surface area contributed by atoms with Gasteiger partial charge in [-0.15, -0.1) is 0 Å². The van der Waals surface area contributed by atoms with E-state index in [1.54, 1.807) is 72.8 Å². The van der Waals surface area contributed by atoms with Crippen molar-refractivity contribution >= 4 is 62.3 Å². The van der Waals surface area contributed by atoms with Gasteiger partial charge < -0.3 is 15.0 Å². The van der Waals surface area contributed by atoms with Crippen molar-refractivity contribution in [3.05, 3.63) is 159 Å². The van der Waals surface area contributed by atoms with Crippen LogP contribution in [0.15, 0.2) is 126 Å². The number of hydrogen-bond acceptors (Lipinski definition) is 5. The maximum absolute atomic E-state index is 14.0. The van der Waals surface area contributed by atoms with E-state index in [1.807, 2.05) is 0 Å². The number of sulfonamides is 1. The number of carbonyl (C=O) groups excluding carboxylic acids is 2. The molecule has 5 aromatic carbocycles. The third-order valence-electron chi connectivity index (χ3n) is 7.32. The average molecular weight is 741 g/mol. The summed E-state index contributed by atoms with van der Waals surface area (Å²) in [4.78, 5) is 29.2. The molecule has 0 fully saturated rings. The van der Waals surface area contributed by atoms with Crippen LogP contribution in [-0.2, 0) is 32.7 Å². The van der Waals surface area contributed by atoms with Crippen molar-refractivity contribution in [2.45, 2.75) is 24.0 Å². The molecule has 13 heteroatoms. The zero-order valence-corrected chi connectivity index (χ0v) is 28.7. The summed E-state index contributed by atoms with van der Waals surface area (Å²) in [5, 5.41) is 4.26. The standard InChI is InChI=1S/C36H29Cl3FN3O5S/c37-27-9-6-24(7-10-27)22-43(35(25-4-2-1-3-5-25)36(45)41-21-26-8-11-28(38)20-33(26)39)34(44)23-48-31-16-18-32(19-17-31)49(46,47)42-30-14-12-29(40)13-15-30/h1-20,35,42H,21-23H2,(H,41,45)/t35-/m1/s1. The largest absolute Gasteiger partial charge is 0.484 e. The van der Waals surface area contributed by atoms with Gasteiger partial charge in [0.15, 0.2) is 6.61 Å². The lowest BCUT2D eigenvalue weighted by Crippen LogP contribution is -2.45. The topological polar surface area (TPSA) is 105 Å². The molecule has 0 saturated heterocycles. The van der Waals surface area contributed by atoms with Crippen molar-refractivity contribution < 1.29 is 27.1 Å². The molecular formula is C36H29Cl3FN3O5S. The molecule has 0 radical (unpaired) electrons. The molecule has 8 nitrogen and oxygen atoms in total. The molecule has 0 aliphatic carbocycles. The van der Waals surface area contributed by atoms with E-state index in [0.29, 0.717) is 26.2 Å². The zero-order valence-electron chi connectivity index (χ0n) is 25.7. The molecule has 0 aromatic heterocycles. The van der Waals surface area contributed by atoms with E-state index in [2.05, 4.69) is 10.0 Å². The average Bonchev–Trinajstić information content (AvgIpc) is 3.09. The number of anilines is 1. The second-order valence-corrected chi connectivity index (χ2v) is 13.7. The molecule has 0 aliphatic rings. The minimum atomic E-state index is -3.98. The summed E-state index contributed by atoms with van der Waals surface area (Å²) in [6.07, 6.45) is 0. The molecule has 49 heavy (non-hydrogen) atoms. The SMILES string of the molecule is O=C(NCc1ccc(Cl)cc1Cl)[C@@H](c1ccccc1)N(Cc1ccc(Cl)cc1)C(=O)COc1ccc(S(=O)(=O)Nc2ccc(F)cc2)cc1. The van der Waals surface area contributed by atoms with Crippen LogP contribution >= 0.6 is 34.8 Å². The molecule has 0 saturated carbocycles. The first-order valence-corrected chi connectivity index (χ1v) is 17.4. The molecule has 0 aliphatic heterocycles. The van der Waals surface area contributed by atoms with Gasteiger partial charge >= 0.3 is 0 Å². The van der Waals surface area contributed by atoms with Gasteiger partial charge in [-0.25, -0.2) is 12.8 Å². The molecule has 1 atom stereocenters. The van der Waals surface area contributed by atoms with Crippen molar-refractivity contribution in [1.82, 2.24) is 10.2 Å². The lowest BCUT2D eigenvalue weighted by atomic mass is 10.0. The highest BCUT2D eigenvalue weighted by Crippen LogP contribution is 2.27. The van der Waals surface area contributed by atoms with Crippen LogP contribution in [0, 0.1) is 5.82 Å². The quantitative estimate of drug-likeness (QED) is 0.127. The van der Waals surface area contributed by atoms with Crippen LogP contribution in [0.3, 0.4) is 0 Å². The van der Waals surface area contributed by atoms with Crippen molar-refractivity contribution in [2.24, 2.45) is 0 Å². The second-order valence-electron chi connectivity index (χ2n) is 10.8. The Morgan fingerprint density at radius 3 is 2.10 bits per heavy atom. The van der Waals surface area contributed by atoms with Crippen molar-refractivity contribution in [3.8, 4) is 5.75 Å². The van der Waals surface area contributed by atoms with Gasteiger partial charge in [0.25, 0.3) is 15.9 Å². The van der Waals surface area contributed by atoms with Crippen molar-refractivity contribution in [3.63, 3.8) is 0 Å². The molecule has 2 N–H and O–H groups in total. The molecule has 0 bridgehead atoms. The highest BCUT2D eigenvalue weighted by molar-refractivity contribution is 7.92. The molecule has 0 heterocycles. The number of nitrogens with zero attached hydrogens (tertiary/aromatic N) is 1. The Hall–Kier alpha value is -4.61. The minimum absolute atomic E-state index is 0.0419. The smallest absolute Gasteiger partial charge is 0.261 e. The Balaban J connectivity index is 1.36. The molecule has 5 rings (SSSR count). The lowest BCUT2D eigenvalue weighted by Gasteiger charge is -2.31. The summed E-state index contributed by atoms with van der Waals surface area (Å²) in [5.41, 5.74) is 2.12. The fraction of sp³-hybridized carbons (Fsp3) is 0.111. The summed E-state index contributed by atoms with van der Waals surface area (Å²) in [7, 11) is -3.98. The number of ether oxygens (including phenoxy) is 1. The first-order valence-electron chi connectivity index (χ1n) is 14.8. The first-order chi connectivity index (χ1) is 23.5. The number of hydrogen-bond donors (Lipinski definition) is 2. The normalized spacial score (nSPS) is 11.8. The fourth-order valence-corrected chi connectivity index (χ4v) is 6.50. The molecule has 2 amide bonds. The lowest BCUT2D eigenvalue weighted by molar-refractivity contribution is -0.143. The summed E-state index contributed by atoms with van der Waals surface area (Å²) in [6, 6.07) is 30.0. The summed E-state index contributed by atoms with van der Waals surface area (Å²) >= 11 is 18.5. The van der Waals surface area contributed by atoms with Crippen LogP contribution in [0.25, 0.3) is 0 Å². The maximum atomic E-state index is 14.0. The van der Waals surface area contributed by atoms with Gasteiger partial charge in [-0.05, 0) is 89.5 Å². The van der Waals surface area contributed by atoms with Crippen LogP contribution in [0.5, 0.6) is 5.75 Å². The third-order valence-corrected chi connectivity index (χ3v) is 9.56. The Morgan fingerprint density at radius 2 is 1.45 bits per heavy atom. The number of nitrogens with one attached hydrogen (secondary N) is 2. The van der Waals surface area contributed by atoms with Gasteiger partial charge in [-0.1, -0.05) is 83.3 Å². The van der Waals surface area contributed by atoms with E-state index in [-0.39, 0.29) is 29.4 Å². The van der Waals surface area contributed by atoms with Crippen molar-refractivity contribution in [2.75, 3.05) is 11.3 Å². The van der Waals surface area contributed by atoms with Crippen molar-refractivity contribution in [1.29, 1.82) is 0 Å². The van der Waals surface area contributed by atoms with Gasteiger partial charge in [0.2, 0.25) is 5.91 Å². The minimum Gasteiger partial charge on any atom is -0.484 e. The Bertz CT molecular complexity index is 2020. The van der Waals surface area contributed by atoms with Gasteiger partial charge in [0.05, 0.1) is 4.90 Å². The second kappa shape index (κ2) is 16.2. The number of rotatable bonds is 13. The van der Waals surface area contributed by atoms with Gasteiger partial charge in [0.1, 0.15) is 17.6 Å². The highest BCUT2D eigenvalue weighted by atomic mass is 35.5. The van der Waals surface area contributed by atoms with E-state index >= 15 is 0 Å². The Morgan fingerprint density at radius 1 is 0.796 bits per heavy atom. The van der Waals surface area contributed by atoms with E-state index < -0.39 is 40.3 Å². The summed E-state index contributed by atoms with van der Waals surface area (Å²) < 4.78 is 47.1. The van der Waals surface area contributed by atoms with E-state index in [0.717, 1.165) is 17.7 Å². The van der Waals surface area contributed by atoms with Crippen LogP contribution < -0.4 is 14.8 Å². The fourth-order valence-electron chi connectivity index (χ4n) is 4.84. The van der Waals surface area contributed by atoms with Crippen LogP contribution in [0.4, 0.5) is 10.1 Å². The van der Waals surface area contributed by atoms with Crippen LogP contribution in [-0.4, -0.2) is 31.7 Å². The monoisotopic (exact) mass is 739 g/mol. The maximum Gasteiger partial charge on any atom is 0.261 e. The van der Waals surface area contributed by atoms with Crippen LogP contribution in [0.1, 0.15) is 22.7 Å². The van der Waals surface area contributed by atoms with Gasteiger partial charge in [-0.2, -0.15) is 0 Å². The van der Waals surface area contributed by atoms with E-state index in [4.69, 9.17) is 39.5 Å². The molecule has 0 unspecified atom stereocenters. The van der Waals surface area contributed by atoms with E-state index in [1.165, 1.54) is 41.3 Å².